The van der Waals surface area contributed by atoms with Crippen LogP contribution in [0.3, 0.4) is 0 Å². The largest absolute Gasteiger partial charge is 0.497 e. The predicted molar refractivity (Wildman–Crippen MR) is 130 cm³/mol. The van der Waals surface area contributed by atoms with Gasteiger partial charge in [-0.25, -0.2) is 14.8 Å². The number of cyclic esters (lactones) is 1. The number of fused-ring (bicyclic) bond motifs is 2. The maximum absolute atomic E-state index is 12.5. The van der Waals surface area contributed by atoms with E-state index in [0.717, 1.165) is 29.9 Å². The normalized spacial score (nSPS) is 19.8. The molecule has 3 aliphatic rings. The molecule has 2 aromatic carbocycles. The van der Waals surface area contributed by atoms with Crippen molar-refractivity contribution in [1.82, 2.24) is 14.9 Å². The number of ether oxygens (including phenoxy) is 4. The van der Waals surface area contributed by atoms with Gasteiger partial charge < -0.3 is 24.3 Å². The van der Waals surface area contributed by atoms with Crippen LogP contribution in [0.1, 0.15) is 0 Å². The fraction of sp³-hybridized carbons (Fsp3) is 0.360. The number of carbonyl (C=O) groups is 2. The van der Waals surface area contributed by atoms with Gasteiger partial charge in [0.15, 0.2) is 6.61 Å². The molecular weight excluding hydrogens is 466 g/mol. The second kappa shape index (κ2) is 9.15. The van der Waals surface area contributed by atoms with Gasteiger partial charge in [-0.1, -0.05) is 0 Å². The third kappa shape index (κ3) is 4.44. The summed E-state index contributed by atoms with van der Waals surface area (Å²) in [6.07, 6.45) is 1.01. The van der Waals surface area contributed by atoms with E-state index in [1.165, 1.54) is 0 Å². The second-order valence-corrected chi connectivity index (χ2v) is 9.09. The van der Waals surface area contributed by atoms with Crippen molar-refractivity contribution in [3.8, 4) is 17.4 Å². The van der Waals surface area contributed by atoms with E-state index in [-0.39, 0.29) is 18.6 Å². The van der Waals surface area contributed by atoms with Crippen LogP contribution in [0.25, 0.3) is 11.0 Å². The highest BCUT2D eigenvalue weighted by Gasteiger charge is 2.37. The van der Waals surface area contributed by atoms with Crippen LogP contribution in [-0.2, 0) is 9.53 Å². The molecule has 1 atom stereocenters. The highest BCUT2D eigenvalue weighted by Crippen LogP contribution is 2.34. The van der Waals surface area contributed by atoms with E-state index in [9.17, 15) is 9.59 Å². The molecule has 186 valence electrons. The van der Waals surface area contributed by atoms with Crippen LogP contribution in [0.5, 0.6) is 17.4 Å². The van der Waals surface area contributed by atoms with Gasteiger partial charge in [-0.05, 0) is 30.3 Å². The smallest absolute Gasteiger partial charge is 0.414 e. The number of rotatable bonds is 7. The van der Waals surface area contributed by atoms with Gasteiger partial charge in [-0.2, -0.15) is 0 Å². The maximum Gasteiger partial charge on any atom is 0.414 e. The van der Waals surface area contributed by atoms with Crippen molar-refractivity contribution >= 4 is 34.4 Å². The summed E-state index contributed by atoms with van der Waals surface area (Å²) in [5.74, 6) is 1.95. The van der Waals surface area contributed by atoms with Crippen molar-refractivity contribution in [1.29, 1.82) is 0 Å². The Morgan fingerprint density at radius 3 is 2.86 bits per heavy atom. The van der Waals surface area contributed by atoms with Crippen molar-refractivity contribution in [3.63, 3.8) is 0 Å². The van der Waals surface area contributed by atoms with E-state index >= 15 is 0 Å². The van der Waals surface area contributed by atoms with E-state index in [4.69, 9.17) is 18.9 Å². The number of amides is 2. The number of aromatic nitrogens is 2. The Labute approximate surface area is 206 Å². The number of likely N-dealkylation sites (tertiary alicyclic amines) is 1. The summed E-state index contributed by atoms with van der Waals surface area (Å²) in [5.41, 5.74) is 2.73. The van der Waals surface area contributed by atoms with Crippen LogP contribution >= 0.6 is 0 Å². The van der Waals surface area contributed by atoms with Gasteiger partial charge in [0.25, 0.3) is 5.91 Å². The molecule has 2 fully saturated rings. The standard InChI is InChI=1S/C25H25N5O6/c1-33-17-3-4-19-20(7-17)28-24(8-26-19)35-13-15-9-29(10-15)11-18-12-30(25(32)36-18)16-2-5-22-21(6-16)27-23(31)14-34-22/h2-8,15,18H,9-14H2,1H3,(H,27,31)/t18-/m1/s1. The first-order valence-electron chi connectivity index (χ1n) is 11.7. The first-order valence-corrected chi connectivity index (χ1v) is 11.7. The van der Waals surface area contributed by atoms with Crippen LogP contribution in [0.4, 0.5) is 16.2 Å². The molecule has 4 heterocycles. The average molecular weight is 492 g/mol. The van der Waals surface area contributed by atoms with Gasteiger partial charge in [0.2, 0.25) is 5.88 Å². The van der Waals surface area contributed by atoms with E-state index in [2.05, 4.69) is 20.2 Å². The Morgan fingerprint density at radius 2 is 2.00 bits per heavy atom. The van der Waals surface area contributed by atoms with E-state index in [1.807, 2.05) is 18.2 Å². The van der Waals surface area contributed by atoms with E-state index in [1.54, 1.807) is 36.4 Å². The number of nitrogens with one attached hydrogen (secondary N) is 1. The van der Waals surface area contributed by atoms with Crippen molar-refractivity contribution < 1.29 is 28.5 Å². The lowest BCUT2D eigenvalue weighted by molar-refractivity contribution is -0.118. The number of hydrogen-bond acceptors (Lipinski definition) is 9. The monoisotopic (exact) mass is 491 g/mol. The lowest BCUT2D eigenvalue weighted by Gasteiger charge is -2.39. The average Bonchev–Trinajstić information content (AvgIpc) is 3.24. The van der Waals surface area contributed by atoms with Crippen molar-refractivity contribution in [2.75, 3.05) is 56.7 Å². The van der Waals surface area contributed by atoms with Crippen LogP contribution in [-0.4, -0.2) is 79.5 Å². The Kier molecular flexibility index (Phi) is 5.68. The summed E-state index contributed by atoms with van der Waals surface area (Å²) >= 11 is 0. The third-order valence-corrected chi connectivity index (χ3v) is 6.47. The molecule has 11 heteroatoms. The van der Waals surface area contributed by atoms with Crippen LogP contribution in [0, 0.1) is 5.92 Å². The SMILES string of the molecule is COc1ccc2ncc(OCC3CN(C[C@@H]4CN(c5ccc6c(c5)NC(=O)CO6)C(=O)O4)C3)nc2c1. The molecule has 36 heavy (non-hydrogen) atoms. The van der Waals surface area contributed by atoms with Crippen LogP contribution < -0.4 is 24.4 Å². The fourth-order valence-corrected chi connectivity index (χ4v) is 4.66. The van der Waals surface area contributed by atoms with Crippen molar-refractivity contribution in [3.05, 3.63) is 42.6 Å². The molecule has 0 spiro atoms. The van der Waals surface area contributed by atoms with Gasteiger partial charge in [0, 0.05) is 37.3 Å². The van der Waals surface area contributed by atoms with Crippen molar-refractivity contribution in [2.24, 2.45) is 5.92 Å². The molecule has 1 N–H and O–H groups in total. The zero-order valence-electron chi connectivity index (χ0n) is 19.7. The highest BCUT2D eigenvalue weighted by atomic mass is 16.6. The lowest BCUT2D eigenvalue weighted by Crippen LogP contribution is -2.52. The topological polar surface area (TPSA) is 115 Å². The molecule has 6 rings (SSSR count). The highest BCUT2D eigenvalue weighted by molar-refractivity contribution is 5.97. The van der Waals surface area contributed by atoms with Gasteiger partial charge in [0.1, 0.15) is 17.6 Å². The Morgan fingerprint density at radius 1 is 1.11 bits per heavy atom. The zero-order valence-corrected chi connectivity index (χ0v) is 19.7. The number of benzene rings is 2. The molecule has 0 aliphatic carbocycles. The molecule has 0 radical (unpaired) electrons. The summed E-state index contributed by atoms with van der Waals surface area (Å²) in [7, 11) is 1.62. The van der Waals surface area contributed by atoms with E-state index in [0.29, 0.717) is 48.6 Å². The van der Waals surface area contributed by atoms with Gasteiger partial charge >= 0.3 is 6.09 Å². The number of methoxy groups -OCH3 is 1. The van der Waals surface area contributed by atoms with Crippen LogP contribution in [0.2, 0.25) is 0 Å². The quantitative estimate of drug-likeness (QED) is 0.532. The molecule has 2 saturated heterocycles. The summed E-state index contributed by atoms with van der Waals surface area (Å²) in [6.45, 7) is 3.34. The number of carbonyl (C=O) groups excluding carboxylic acids is 2. The minimum Gasteiger partial charge on any atom is -0.497 e. The number of anilines is 2. The number of hydrogen-bond donors (Lipinski definition) is 1. The molecule has 3 aliphatic heterocycles. The maximum atomic E-state index is 12.5. The molecule has 0 bridgehead atoms. The third-order valence-electron chi connectivity index (χ3n) is 6.47. The molecule has 0 unspecified atom stereocenters. The zero-order chi connectivity index (χ0) is 24.6. The Hall–Kier alpha value is -4.12. The van der Waals surface area contributed by atoms with Crippen molar-refractivity contribution in [2.45, 2.75) is 6.10 Å². The van der Waals surface area contributed by atoms with Gasteiger partial charge in [-0.3, -0.25) is 14.6 Å². The van der Waals surface area contributed by atoms with Gasteiger partial charge in [0.05, 0.1) is 43.2 Å². The number of nitrogens with zero attached hydrogens (tertiary/aromatic N) is 4. The van der Waals surface area contributed by atoms with Gasteiger partial charge in [-0.15, -0.1) is 0 Å². The lowest BCUT2D eigenvalue weighted by atomic mass is 10.0. The minimum atomic E-state index is -0.394. The fourth-order valence-electron chi connectivity index (χ4n) is 4.66. The predicted octanol–water partition coefficient (Wildman–Crippen LogP) is 2.31. The molecular formula is C25H25N5O6. The Balaban J connectivity index is 0.988. The molecule has 2 amide bonds. The molecule has 11 nitrogen and oxygen atoms in total. The Bertz CT molecular complexity index is 1330. The molecule has 3 aromatic rings. The summed E-state index contributed by atoms with van der Waals surface area (Å²) in [6, 6.07) is 10.8. The minimum absolute atomic E-state index is 0.00701. The molecule has 1 aromatic heterocycles. The first-order chi connectivity index (χ1) is 17.5. The first kappa shape index (κ1) is 22.4. The summed E-state index contributed by atoms with van der Waals surface area (Å²) in [5, 5.41) is 2.77. The van der Waals surface area contributed by atoms with Crippen LogP contribution in [0.15, 0.2) is 42.6 Å². The summed E-state index contributed by atoms with van der Waals surface area (Å²) in [4.78, 5) is 36.8. The second-order valence-electron chi connectivity index (χ2n) is 9.09. The molecule has 0 saturated carbocycles. The van der Waals surface area contributed by atoms with E-state index < -0.39 is 6.09 Å². The summed E-state index contributed by atoms with van der Waals surface area (Å²) < 4.78 is 22.1.